The lowest BCUT2D eigenvalue weighted by atomic mass is 10.2. The summed E-state index contributed by atoms with van der Waals surface area (Å²) in [6.07, 6.45) is 16.2. The highest BCUT2D eigenvalue weighted by atomic mass is 79.9. The first kappa shape index (κ1) is 39.4. The summed E-state index contributed by atoms with van der Waals surface area (Å²) in [7, 11) is -3.07. The topological polar surface area (TPSA) is 47.9 Å². The van der Waals surface area contributed by atoms with Crippen LogP contribution in [0, 0.1) is 24.7 Å². The zero-order chi connectivity index (χ0) is 28.0. The van der Waals surface area contributed by atoms with Gasteiger partial charge in [-0.25, -0.2) is 0 Å². The highest BCUT2D eigenvalue weighted by molar-refractivity contribution is 9.09. The Balaban J connectivity index is -0.000000514. The minimum atomic E-state index is -1.54. The molecule has 0 heterocycles. The van der Waals surface area contributed by atoms with Crippen LogP contribution in [0.15, 0.2) is 0 Å². The van der Waals surface area contributed by atoms with Crippen molar-refractivity contribution in [2.75, 3.05) is 38.4 Å². The Morgan fingerprint density at radius 3 is 1.37 bits per heavy atom. The van der Waals surface area contributed by atoms with Crippen LogP contribution in [0.4, 0.5) is 0 Å². The number of aliphatic hydroxyl groups is 1. The summed E-state index contributed by atoms with van der Waals surface area (Å²) < 4.78 is 17.3. The monoisotopic (exact) mass is 592 g/mol. The Hall–Kier alpha value is -0.126. The predicted octanol–water partition coefficient (Wildman–Crippen LogP) is 8.01. The number of terminal acetylenes is 2. The maximum atomic E-state index is 8.62. The third kappa shape index (κ3) is 24.0. The maximum absolute atomic E-state index is 8.62. The van der Waals surface area contributed by atoms with Gasteiger partial charge in [-0.1, -0.05) is 69.3 Å². The quantitative estimate of drug-likeness (QED) is 0.0959. The maximum Gasteiger partial charge on any atom is 0.191 e. The highest BCUT2D eigenvalue weighted by Gasteiger charge is 2.37. The molecule has 0 bridgehead atoms. The molecule has 0 aliphatic heterocycles. The fourth-order valence-electron chi connectivity index (χ4n) is 2.09. The molecule has 0 atom stereocenters. The molecule has 35 heavy (non-hydrogen) atoms. The van der Waals surface area contributed by atoms with Crippen molar-refractivity contribution in [2.24, 2.45) is 0 Å². The van der Waals surface area contributed by atoms with E-state index in [0.717, 1.165) is 58.3 Å². The first-order chi connectivity index (χ1) is 16.0. The molecule has 0 radical (unpaired) electrons. The van der Waals surface area contributed by atoms with E-state index in [2.05, 4.69) is 95.5 Å². The number of aliphatic hydroxyl groups excluding tert-OH is 1. The van der Waals surface area contributed by atoms with E-state index in [4.69, 9.17) is 31.5 Å². The lowest BCUT2D eigenvalue weighted by Crippen LogP contribution is -2.40. The van der Waals surface area contributed by atoms with Crippen LogP contribution in [0.25, 0.3) is 0 Å². The van der Waals surface area contributed by atoms with Crippen molar-refractivity contribution in [3.8, 4) is 24.7 Å². The van der Waals surface area contributed by atoms with Crippen molar-refractivity contribution in [2.45, 2.75) is 116 Å². The Morgan fingerprint density at radius 1 is 0.686 bits per heavy atom. The van der Waals surface area contributed by atoms with E-state index in [-0.39, 0.29) is 0 Å². The first-order valence-corrected chi connectivity index (χ1v) is 19.9. The summed E-state index contributed by atoms with van der Waals surface area (Å²) in [5.74, 6) is 4.81. The normalized spacial score (nSPS) is 11.9. The van der Waals surface area contributed by atoms with Crippen LogP contribution in [-0.4, -0.2) is 60.1 Å². The predicted molar refractivity (Wildman–Crippen MR) is 163 cm³/mol. The van der Waals surface area contributed by atoms with Gasteiger partial charge in [0.1, 0.15) is 6.61 Å². The summed E-state index contributed by atoms with van der Waals surface area (Å²) >= 11 is 3.01. The molecule has 0 amide bonds. The molecule has 0 spiro atoms. The van der Waals surface area contributed by atoms with Gasteiger partial charge in [-0.15, -0.1) is 12.8 Å². The van der Waals surface area contributed by atoms with Gasteiger partial charge in [0, 0.05) is 26.4 Å². The second-order valence-electron chi connectivity index (χ2n) is 11.7. The van der Waals surface area contributed by atoms with Gasteiger partial charge in [0.25, 0.3) is 0 Å². The number of hydrogen-bond donors (Lipinski definition) is 1. The van der Waals surface area contributed by atoms with Crippen LogP contribution in [0.2, 0.25) is 36.3 Å². The van der Waals surface area contributed by atoms with Crippen molar-refractivity contribution in [3.63, 3.8) is 0 Å². The molecular weight excluding hydrogens is 536 g/mol. The Bertz CT molecular complexity index is 567. The summed E-state index contributed by atoms with van der Waals surface area (Å²) in [6.45, 7) is 26.0. The molecule has 1 N–H and O–H groups in total. The van der Waals surface area contributed by atoms with Gasteiger partial charge in [-0.05, 0) is 74.8 Å². The van der Waals surface area contributed by atoms with Gasteiger partial charge in [0.2, 0.25) is 0 Å². The molecule has 0 aromatic carbocycles. The van der Waals surface area contributed by atoms with Gasteiger partial charge in [-0.3, -0.25) is 0 Å². The lowest BCUT2D eigenvalue weighted by Gasteiger charge is -2.36. The molecule has 0 aliphatic carbocycles. The van der Waals surface area contributed by atoms with Gasteiger partial charge < -0.3 is 18.7 Å². The molecule has 0 aliphatic rings. The molecule has 0 unspecified atom stereocenters. The van der Waals surface area contributed by atoms with Crippen molar-refractivity contribution >= 4 is 32.6 Å². The second-order valence-corrected chi connectivity index (χ2v) is 21.8. The minimum Gasteiger partial charge on any atom is -0.417 e. The molecule has 7 heteroatoms. The molecular formula is C28H57BrO4Si2. The Labute approximate surface area is 230 Å². The summed E-state index contributed by atoms with van der Waals surface area (Å²) in [6, 6.07) is 0. The average molecular weight is 594 g/mol. The van der Waals surface area contributed by atoms with Crippen molar-refractivity contribution in [1.29, 1.82) is 0 Å². The largest absolute Gasteiger partial charge is 0.417 e. The fraction of sp³-hybridized carbons (Fsp3) is 0.857. The number of alkyl halides is 1. The third-order valence-corrected chi connectivity index (χ3v) is 15.9. The second kappa shape index (κ2) is 21.9. The Morgan fingerprint density at radius 2 is 1.06 bits per heavy atom. The fourth-order valence-corrected chi connectivity index (χ4v) is 4.27. The van der Waals surface area contributed by atoms with Crippen LogP contribution in [0.1, 0.15) is 80.1 Å². The molecule has 0 saturated heterocycles. The molecule has 0 aromatic heterocycles. The van der Waals surface area contributed by atoms with E-state index < -0.39 is 16.6 Å². The highest BCUT2D eigenvalue weighted by Crippen LogP contribution is 2.37. The zero-order valence-corrected chi connectivity index (χ0v) is 28.3. The van der Waals surface area contributed by atoms with E-state index >= 15 is 0 Å². The minimum absolute atomic E-state index is 0.306. The van der Waals surface area contributed by atoms with E-state index in [9.17, 15) is 0 Å². The van der Waals surface area contributed by atoms with Crippen LogP contribution in [0.3, 0.4) is 0 Å². The van der Waals surface area contributed by atoms with Crippen LogP contribution in [-0.2, 0) is 13.6 Å². The standard InChI is InChI=1S/C14H28O2Si.C11H26O2Si.C3H3Br/c1-7-11-15-12-9-8-10-13-16-17(5,6)14(2,3)4;1-11(2,3)14(4,5)13-10-8-6-7-9-12;1-2-3-4/h1H,8-13H2,2-6H3;12H,6-10H2,1-5H3;1H,3H2. The lowest BCUT2D eigenvalue weighted by molar-refractivity contribution is 0.159. The molecule has 0 rings (SSSR count). The molecule has 4 nitrogen and oxygen atoms in total. The van der Waals surface area contributed by atoms with Crippen molar-refractivity contribution < 1.29 is 18.7 Å². The van der Waals surface area contributed by atoms with E-state index in [0.29, 0.717) is 28.6 Å². The molecule has 0 aromatic rings. The first-order valence-electron chi connectivity index (χ1n) is 12.9. The van der Waals surface area contributed by atoms with Gasteiger partial charge in [0.15, 0.2) is 16.6 Å². The van der Waals surface area contributed by atoms with E-state index in [1.165, 1.54) is 0 Å². The molecule has 0 saturated carbocycles. The summed E-state index contributed by atoms with van der Waals surface area (Å²) in [5.41, 5.74) is 0. The summed E-state index contributed by atoms with van der Waals surface area (Å²) in [5, 5.41) is 9.90. The summed E-state index contributed by atoms with van der Waals surface area (Å²) in [4.78, 5) is 0. The number of unbranched alkanes of at least 4 members (excludes halogenated alkanes) is 4. The van der Waals surface area contributed by atoms with Crippen LogP contribution >= 0.6 is 15.9 Å². The van der Waals surface area contributed by atoms with E-state index in [1.807, 2.05) is 0 Å². The zero-order valence-electron chi connectivity index (χ0n) is 24.7. The number of halogens is 1. The van der Waals surface area contributed by atoms with Gasteiger partial charge in [0.05, 0.1) is 5.33 Å². The van der Waals surface area contributed by atoms with E-state index in [1.54, 1.807) is 0 Å². The number of rotatable bonds is 14. The average Bonchev–Trinajstić information content (AvgIpc) is 2.74. The SMILES string of the molecule is C#CCBr.C#CCOCCCCCO[Si](C)(C)C(C)(C)C.CC(C)(C)[Si](C)(C)OCCCCCO. The van der Waals surface area contributed by atoms with Gasteiger partial charge in [-0.2, -0.15) is 0 Å². The third-order valence-electron chi connectivity index (χ3n) is 6.54. The van der Waals surface area contributed by atoms with Crippen LogP contribution < -0.4 is 0 Å². The van der Waals surface area contributed by atoms with Gasteiger partial charge >= 0.3 is 0 Å². The Kier molecular flexibility index (Phi) is 24.7. The number of hydrogen-bond acceptors (Lipinski definition) is 4. The smallest absolute Gasteiger partial charge is 0.191 e. The number of ether oxygens (including phenoxy) is 1. The van der Waals surface area contributed by atoms with Crippen LogP contribution in [0.5, 0.6) is 0 Å². The van der Waals surface area contributed by atoms with Crippen molar-refractivity contribution in [3.05, 3.63) is 0 Å². The molecule has 208 valence electrons. The van der Waals surface area contributed by atoms with Crippen molar-refractivity contribution in [1.82, 2.24) is 0 Å². The molecule has 0 fully saturated rings.